The van der Waals surface area contributed by atoms with Crippen molar-refractivity contribution in [3.8, 4) is 0 Å². The smallest absolute Gasteiger partial charge is 0.115 e. The van der Waals surface area contributed by atoms with Crippen molar-refractivity contribution in [3.05, 3.63) is 0 Å². The third-order valence-electron chi connectivity index (χ3n) is 3.66. The van der Waals surface area contributed by atoms with Crippen LogP contribution in [0, 0.1) is 0 Å². The highest BCUT2D eigenvalue weighted by molar-refractivity contribution is 6.95. The number of hydrogen-bond donors (Lipinski definition) is 0. The third-order valence-corrected chi connectivity index (χ3v) is 14.1. The fraction of sp³-hybridized carbons (Fsp3) is 1.00. The standard InChI is InChI=1S/C12H29NOSi2/c1-12(2,3)14-9-8-13-15(4,5)10-11-16(13,6)7/h8-11H2,1-7H3. The van der Waals surface area contributed by atoms with Crippen LogP contribution >= 0.6 is 0 Å². The van der Waals surface area contributed by atoms with Crippen molar-refractivity contribution < 1.29 is 4.74 Å². The SMILES string of the molecule is CC(C)(C)OCCN1[Si](C)(C)CC[Si]1(C)C. The maximum atomic E-state index is 5.88. The molecule has 1 aliphatic heterocycles. The van der Waals surface area contributed by atoms with Gasteiger partial charge in [0.15, 0.2) is 0 Å². The lowest BCUT2D eigenvalue weighted by atomic mass is 10.2. The monoisotopic (exact) mass is 259 g/mol. The Balaban J connectivity index is 2.52. The predicted molar refractivity (Wildman–Crippen MR) is 77.0 cm³/mol. The summed E-state index contributed by atoms with van der Waals surface area (Å²) < 4.78 is 8.76. The normalized spacial score (nSPS) is 24.9. The summed E-state index contributed by atoms with van der Waals surface area (Å²) in [5, 5.41) is 0. The molecule has 0 spiro atoms. The lowest BCUT2D eigenvalue weighted by Gasteiger charge is -2.39. The molecule has 0 N–H and O–H groups in total. The highest BCUT2D eigenvalue weighted by atomic mass is 28.4. The van der Waals surface area contributed by atoms with Crippen molar-refractivity contribution in [2.24, 2.45) is 0 Å². The zero-order valence-corrected chi connectivity index (χ0v) is 14.2. The van der Waals surface area contributed by atoms with Crippen molar-refractivity contribution in [1.29, 1.82) is 0 Å². The molecule has 0 atom stereocenters. The third kappa shape index (κ3) is 3.69. The molecule has 0 unspecified atom stereocenters. The fourth-order valence-electron chi connectivity index (χ4n) is 2.75. The molecule has 0 amide bonds. The van der Waals surface area contributed by atoms with Gasteiger partial charge in [-0.3, -0.25) is 0 Å². The molecule has 0 aromatic heterocycles. The molecule has 1 saturated heterocycles. The summed E-state index contributed by atoms with van der Waals surface area (Å²) >= 11 is 0. The van der Waals surface area contributed by atoms with Gasteiger partial charge in [-0.2, -0.15) is 0 Å². The van der Waals surface area contributed by atoms with Crippen LogP contribution in [0.25, 0.3) is 0 Å². The van der Waals surface area contributed by atoms with E-state index in [1.165, 1.54) is 12.1 Å². The summed E-state index contributed by atoms with van der Waals surface area (Å²) in [4.78, 5) is 0. The highest BCUT2D eigenvalue weighted by Crippen LogP contribution is 2.36. The molecule has 0 aromatic rings. The molecule has 1 fully saturated rings. The summed E-state index contributed by atoms with van der Waals surface area (Å²) in [5.74, 6) is 0. The van der Waals surface area contributed by atoms with Crippen LogP contribution in [-0.2, 0) is 4.74 Å². The number of nitrogens with zero attached hydrogens (tertiary/aromatic N) is 1. The first-order valence-electron chi connectivity index (χ1n) is 6.46. The van der Waals surface area contributed by atoms with Crippen molar-refractivity contribution in [2.45, 2.75) is 64.6 Å². The van der Waals surface area contributed by atoms with Crippen LogP contribution in [0.4, 0.5) is 0 Å². The van der Waals surface area contributed by atoms with Gasteiger partial charge in [0.1, 0.15) is 16.5 Å². The molecule has 0 bridgehead atoms. The number of hydrogen-bond acceptors (Lipinski definition) is 2. The average molecular weight is 260 g/mol. The Labute approximate surface area is 104 Å². The highest BCUT2D eigenvalue weighted by Gasteiger charge is 2.46. The van der Waals surface area contributed by atoms with Gasteiger partial charge in [-0.05, 0) is 32.9 Å². The van der Waals surface area contributed by atoms with E-state index in [9.17, 15) is 0 Å². The van der Waals surface area contributed by atoms with Crippen LogP contribution < -0.4 is 0 Å². The van der Waals surface area contributed by atoms with Gasteiger partial charge in [0.05, 0.1) is 12.2 Å². The average Bonchev–Trinajstić information content (AvgIpc) is 2.25. The first-order chi connectivity index (χ1) is 7.05. The first kappa shape index (κ1) is 14.4. The minimum absolute atomic E-state index is 0.0110. The summed E-state index contributed by atoms with van der Waals surface area (Å²) in [6.07, 6.45) is 0. The largest absolute Gasteiger partial charge is 0.375 e. The van der Waals surface area contributed by atoms with Crippen molar-refractivity contribution >= 4 is 16.5 Å². The second kappa shape index (κ2) is 4.55. The molecular weight excluding hydrogens is 230 g/mol. The van der Waals surface area contributed by atoms with Gasteiger partial charge >= 0.3 is 0 Å². The topological polar surface area (TPSA) is 12.5 Å². The lowest BCUT2D eigenvalue weighted by Crippen LogP contribution is -2.56. The quantitative estimate of drug-likeness (QED) is 0.719. The van der Waals surface area contributed by atoms with Crippen molar-refractivity contribution in [1.82, 2.24) is 4.23 Å². The van der Waals surface area contributed by atoms with Crippen molar-refractivity contribution in [3.63, 3.8) is 0 Å². The second-order valence-corrected chi connectivity index (χ2v) is 17.0. The summed E-state index contributed by atoms with van der Waals surface area (Å²) in [7, 11) is -2.17. The zero-order valence-electron chi connectivity index (χ0n) is 12.2. The Morgan fingerprint density at radius 2 is 1.44 bits per heavy atom. The van der Waals surface area contributed by atoms with Gasteiger partial charge in [0.2, 0.25) is 0 Å². The van der Waals surface area contributed by atoms with Gasteiger partial charge < -0.3 is 8.97 Å². The van der Waals surface area contributed by atoms with Gasteiger partial charge in [0.25, 0.3) is 0 Å². The number of ether oxygens (including phenoxy) is 1. The summed E-state index contributed by atoms with van der Waals surface area (Å²) in [6, 6.07) is 2.98. The van der Waals surface area contributed by atoms with E-state index < -0.39 is 16.5 Å². The van der Waals surface area contributed by atoms with E-state index in [2.05, 4.69) is 51.2 Å². The predicted octanol–water partition coefficient (Wildman–Crippen LogP) is 3.53. The van der Waals surface area contributed by atoms with E-state index in [4.69, 9.17) is 4.74 Å². The molecule has 16 heavy (non-hydrogen) atoms. The van der Waals surface area contributed by atoms with E-state index in [0.717, 1.165) is 13.2 Å². The Kier molecular flexibility index (Phi) is 4.10. The molecule has 0 saturated carbocycles. The molecule has 0 aromatic carbocycles. The minimum Gasteiger partial charge on any atom is -0.375 e. The Bertz CT molecular complexity index is 230. The van der Waals surface area contributed by atoms with Crippen LogP contribution in [0.3, 0.4) is 0 Å². The summed E-state index contributed by atoms with van der Waals surface area (Å²) in [6.45, 7) is 18.6. The van der Waals surface area contributed by atoms with Gasteiger partial charge in [0, 0.05) is 6.54 Å². The van der Waals surface area contributed by atoms with E-state index >= 15 is 0 Å². The van der Waals surface area contributed by atoms with Crippen LogP contribution in [0.15, 0.2) is 0 Å². The summed E-state index contributed by atoms with van der Waals surface area (Å²) in [5.41, 5.74) is 0.0110. The molecule has 4 heteroatoms. The van der Waals surface area contributed by atoms with E-state index in [-0.39, 0.29) is 5.60 Å². The van der Waals surface area contributed by atoms with E-state index in [1.807, 2.05) is 0 Å². The lowest BCUT2D eigenvalue weighted by molar-refractivity contribution is -0.00370. The number of rotatable bonds is 3. The van der Waals surface area contributed by atoms with Crippen molar-refractivity contribution in [2.75, 3.05) is 13.2 Å². The van der Waals surface area contributed by atoms with Gasteiger partial charge in [-0.25, -0.2) is 0 Å². The van der Waals surface area contributed by atoms with Gasteiger partial charge in [-0.1, -0.05) is 26.2 Å². The Hall–Kier alpha value is 0.354. The van der Waals surface area contributed by atoms with E-state index in [1.54, 1.807) is 0 Å². The molecule has 0 radical (unpaired) electrons. The van der Waals surface area contributed by atoms with Crippen LogP contribution in [0.5, 0.6) is 0 Å². The molecule has 1 aliphatic rings. The Morgan fingerprint density at radius 1 is 1.00 bits per heavy atom. The first-order valence-corrected chi connectivity index (χ1v) is 12.8. The van der Waals surface area contributed by atoms with Crippen LogP contribution in [0.2, 0.25) is 38.3 Å². The molecule has 1 heterocycles. The fourth-order valence-corrected chi connectivity index (χ4v) is 16.8. The minimum atomic E-state index is -1.09. The molecule has 96 valence electrons. The zero-order chi connectivity index (χ0) is 12.6. The van der Waals surface area contributed by atoms with Crippen LogP contribution in [-0.4, -0.2) is 39.5 Å². The maximum Gasteiger partial charge on any atom is 0.115 e. The Morgan fingerprint density at radius 3 is 1.81 bits per heavy atom. The molecular formula is C12H29NOSi2. The van der Waals surface area contributed by atoms with Gasteiger partial charge in [-0.15, -0.1) is 0 Å². The molecule has 2 nitrogen and oxygen atoms in total. The maximum absolute atomic E-state index is 5.88. The molecule has 1 rings (SSSR count). The van der Waals surface area contributed by atoms with Crippen LogP contribution in [0.1, 0.15) is 20.8 Å². The van der Waals surface area contributed by atoms with E-state index in [0.29, 0.717) is 0 Å². The molecule has 0 aliphatic carbocycles. The second-order valence-electron chi connectivity index (χ2n) is 7.24.